The van der Waals surface area contributed by atoms with Crippen LogP contribution in [0.25, 0.3) is 0 Å². The highest BCUT2D eigenvalue weighted by molar-refractivity contribution is 7.89. The van der Waals surface area contributed by atoms with Crippen LogP contribution in [0, 0.1) is 0 Å². The average Bonchev–Trinajstić information content (AvgIpc) is 2.34. The zero-order valence-electron chi connectivity index (χ0n) is 11.8. The summed E-state index contributed by atoms with van der Waals surface area (Å²) in [5.41, 5.74) is 0.287. The molecule has 0 heterocycles. The molecule has 1 aromatic rings. The minimum absolute atomic E-state index is 0.0494. The van der Waals surface area contributed by atoms with Crippen LogP contribution in [0.15, 0.2) is 29.2 Å². The first-order valence-corrected chi connectivity index (χ1v) is 7.87. The summed E-state index contributed by atoms with van der Waals surface area (Å²) in [7, 11) is -3.68. The third kappa shape index (κ3) is 4.21. The van der Waals surface area contributed by atoms with Crippen molar-refractivity contribution in [2.24, 2.45) is 0 Å². The first-order valence-electron chi connectivity index (χ1n) is 6.38. The second-order valence-corrected chi connectivity index (χ2v) is 6.40. The Bertz CT molecular complexity index is 569. The first-order chi connectivity index (χ1) is 9.27. The van der Waals surface area contributed by atoms with Gasteiger partial charge in [-0.15, -0.1) is 0 Å². The van der Waals surface area contributed by atoms with Gasteiger partial charge in [-0.25, -0.2) is 17.9 Å². The zero-order valence-corrected chi connectivity index (χ0v) is 12.6. The molecule has 3 N–H and O–H groups in total. The molecule has 0 aliphatic heterocycles. The van der Waals surface area contributed by atoms with Crippen LogP contribution in [0.5, 0.6) is 0 Å². The number of carboxylic acids is 1. The Balaban J connectivity index is 3.14. The number of aliphatic carboxylic acids is 1. The number of para-hydroxylation sites is 1. The lowest BCUT2D eigenvalue weighted by Crippen LogP contribution is -2.33. The van der Waals surface area contributed by atoms with Crippen molar-refractivity contribution in [2.75, 3.05) is 5.32 Å². The molecule has 0 aromatic heterocycles. The number of rotatable bonds is 7. The molecule has 0 bridgehead atoms. The lowest BCUT2D eigenvalue weighted by Gasteiger charge is -2.18. The molecule has 112 valence electrons. The van der Waals surface area contributed by atoms with Crippen LogP contribution in [0.1, 0.15) is 27.2 Å². The predicted octanol–water partition coefficient (Wildman–Crippen LogP) is 1.65. The summed E-state index contributed by atoms with van der Waals surface area (Å²) in [5.74, 6) is -1.02. The van der Waals surface area contributed by atoms with Crippen molar-refractivity contribution in [3.05, 3.63) is 24.3 Å². The molecule has 0 saturated carbocycles. The smallest absolute Gasteiger partial charge is 0.326 e. The SMILES string of the molecule is CCC(Nc1ccccc1S(=O)(=O)NC(C)C)C(=O)O. The van der Waals surface area contributed by atoms with E-state index in [1.807, 2.05) is 0 Å². The Hall–Kier alpha value is -1.60. The van der Waals surface area contributed by atoms with E-state index in [2.05, 4.69) is 10.0 Å². The molecule has 7 heteroatoms. The van der Waals surface area contributed by atoms with Gasteiger partial charge in [0.2, 0.25) is 10.0 Å². The molecule has 0 saturated heterocycles. The first kappa shape index (κ1) is 16.5. The Labute approximate surface area is 119 Å². The summed E-state index contributed by atoms with van der Waals surface area (Å²) in [4.78, 5) is 11.1. The average molecular weight is 300 g/mol. The summed E-state index contributed by atoms with van der Waals surface area (Å²) in [6, 6.07) is 5.19. The topological polar surface area (TPSA) is 95.5 Å². The summed E-state index contributed by atoms with van der Waals surface area (Å²) >= 11 is 0. The van der Waals surface area contributed by atoms with Crippen LogP contribution in [0.3, 0.4) is 0 Å². The molecule has 0 spiro atoms. The van der Waals surface area contributed by atoms with E-state index >= 15 is 0 Å². The summed E-state index contributed by atoms with van der Waals surface area (Å²) < 4.78 is 26.9. The molecular formula is C13H20N2O4S. The van der Waals surface area contributed by atoms with Crippen molar-refractivity contribution in [1.29, 1.82) is 0 Å². The maximum atomic E-state index is 12.2. The fourth-order valence-corrected chi connectivity index (χ4v) is 3.14. The fourth-order valence-electron chi connectivity index (χ4n) is 1.72. The second-order valence-electron chi connectivity index (χ2n) is 4.72. The molecule has 1 unspecified atom stereocenters. The summed E-state index contributed by atoms with van der Waals surface area (Å²) in [5, 5.41) is 11.8. The minimum Gasteiger partial charge on any atom is -0.480 e. The molecule has 0 amide bonds. The highest BCUT2D eigenvalue weighted by Crippen LogP contribution is 2.22. The standard InChI is InChI=1S/C13H20N2O4S/c1-4-10(13(16)17)14-11-7-5-6-8-12(11)20(18,19)15-9(2)3/h5-10,14-15H,4H2,1-3H3,(H,16,17). The molecule has 1 rings (SSSR count). The minimum atomic E-state index is -3.68. The Morgan fingerprint density at radius 2 is 1.90 bits per heavy atom. The normalized spacial score (nSPS) is 13.2. The number of sulfonamides is 1. The number of hydrogen-bond donors (Lipinski definition) is 3. The molecule has 6 nitrogen and oxygen atoms in total. The van der Waals surface area contributed by atoms with E-state index in [0.717, 1.165) is 0 Å². The van der Waals surface area contributed by atoms with Crippen LogP contribution < -0.4 is 10.0 Å². The second kappa shape index (κ2) is 6.71. The maximum Gasteiger partial charge on any atom is 0.326 e. The van der Waals surface area contributed by atoms with E-state index < -0.39 is 22.0 Å². The largest absolute Gasteiger partial charge is 0.480 e. The molecular weight excluding hydrogens is 280 g/mol. The van der Waals surface area contributed by atoms with Crippen molar-refractivity contribution in [1.82, 2.24) is 4.72 Å². The van der Waals surface area contributed by atoms with Crippen molar-refractivity contribution in [2.45, 2.75) is 44.2 Å². The summed E-state index contributed by atoms with van der Waals surface area (Å²) in [6.07, 6.45) is 0.349. The van der Waals surface area contributed by atoms with E-state index in [4.69, 9.17) is 5.11 Å². The van der Waals surface area contributed by atoms with E-state index in [9.17, 15) is 13.2 Å². The Kier molecular flexibility index (Phi) is 5.52. The van der Waals surface area contributed by atoms with Gasteiger partial charge in [-0.05, 0) is 32.4 Å². The molecule has 20 heavy (non-hydrogen) atoms. The van der Waals surface area contributed by atoms with Gasteiger partial charge >= 0.3 is 5.97 Å². The van der Waals surface area contributed by atoms with E-state index in [0.29, 0.717) is 6.42 Å². The van der Waals surface area contributed by atoms with Crippen molar-refractivity contribution in [3.8, 4) is 0 Å². The lowest BCUT2D eigenvalue weighted by atomic mass is 10.2. The van der Waals surface area contributed by atoms with Gasteiger partial charge in [0.15, 0.2) is 0 Å². The van der Waals surface area contributed by atoms with E-state index in [-0.39, 0.29) is 16.6 Å². The van der Waals surface area contributed by atoms with Gasteiger partial charge in [0.25, 0.3) is 0 Å². The van der Waals surface area contributed by atoms with Gasteiger partial charge in [-0.3, -0.25) is 0 Å². The van der Waals surface area contributed by atoms with Gasteiger partial charge < -0.3 is 10.4 Å². The maximum absolute atomic E-state index is 12.2. The third-order valence-electron chi connectivity index (χ3n) is 2.60. The quantitative estimate of drug-likeness (QED) is 0.711. The highest BCUT2D eigenvalue weighted by atomic mass is 32.2. The molecule has 0 radical (unpaired) electrons. The van der Waals surface area contributed by atoms with Crippen LogP contribution in [-0.2, 0) is 14.8 Å². The molecule has 0 aliphatic carbocycles. The van der Waals surface area contributed by atoms with Crippen LogP contribution >= 0.6 is 0 Å². The number of carboxylic acid groups (broad SMARTS) is 1. The number of hydrogen-bond acceptors (Lipinski definition) is 4. The van der Waals surface area contributed by atoms with Crippen molar-refractivity contribution in [3.63, 3.8) is 0 Å². The van der Waals surface area contributed by atoms with E-state index in [1.165, 1.54) is 6.07 Å². The number of nitrogens with one attached hydrogen (secondary N) is 2. The summed E-state index contributed by atoms with van der Waals surface area (Å²) in [6.45, 7) is 5.16. The highest BCUT2D eigenvalue weighted by Gasteiger charge is 2.22. The molecule has 1 atom stereocenters. The zero-order chi connectivity index (χ0) is 15.3. The Morgan fingerprint density at radius 1 is 1.30 bits per heavy atom. The van der Waals surface area contributed by atoms with Gasteiger partial charge in [0, 0.05) is 6.04 Å². The predicted molar refractivity (Wildman–Crippen MR) is 77.2 cm³/mol. The monoisotopic (exact) mass is 300 g/mol. The number of carbonyl (C=O) groups is 1. The third-order valence-corrected chi connectivity index (χ3v) is 4.32. The lowest BCUT2D eigenvalue weighted by molar-refractivity contribution is -0.137. The number of anilines is 1. The van der Waals surface area contributed by atoms with E-state index in [1.54, 1.807) is 39.0 Å². The van der Waals surface area contributed by atoms with Crippen LogP contribution in [-0.4, -0.2) is 31.6 Å². The van der Waals surface area contributed by atoms with Gasteiger partial charge in [0.05, 0.1) is 5.69 Å². The van der Waals surface area contributed by atoms with Crippen LogP contribution in [0.2, 0.25) is 0 Å². The van der Waals surface area contributed by atoms with Gasteiger partial charge in [-0.1, -0.05) is 19.1 Å². The van der Waals surface area contributed by atoms with Gasteiger partial charge in [-0.2, -0.15) is 0 Å². The fraction of sp³-hybridized carbons (Fsp3) is 0.462. The Morgan fingerprint density at radius 3 is 2.40 bits per heavy atom. The van der Waals surface area contributed by atoms with Crippen molar-refractivity contribution >= 4 is 21.7 Å². The number of benzene rings is 1. The van der Waals surface area contributed by atoms with Crippen LogP contribution in [0.4, 0.5) is 5.69 Å². The molecule has 0 fully saturated rings. The molecule has 0 aliphatic rings. The van der Waals surface area contributed by atoms with Gasteiger partial charge in [0.1, 0.15) is 10.9 Å². The molecule has 1 aromatic carbocycles. The van der Waals surface area contributed by atoms with Crippen molar-refractivity contribution < 1.29 is 18.3 Å².